The number of carbonyl (C=O) groups is 1. The van der Waals surface area contributed by atoms with Gasteiger partial charge in [-0.15, -0.1) is 5.10 Å². The Balaban J connectivity index is 0.877. The molecule has 0 amide bonds. The van der Waals surface area contributed by atoms with Gasteiger partial charge in [0.2, 0.25) is 6.41 Å². The molecule has 322 valence electrons. The molecule has 5 N–H and O–H groups in total. The molecule has 0 saturated carbocycles. The van der Waals surface area contributed by atoms with Crippen LogP contribution in [0.1, 0.15) is 80.7 Å². The van der Waals surface area contributed by atoms with Crippen molar-refractivity contribution in [3.63, 3.8) is 0 Å². The van der Waals surface area contributed by atoms with E-state index in [1.807, 2.05) is 20.8 Å². The van der Waals surface area contributed by atoms with E-state index in [0.717, 1.165) is 16.5 Å². The second-order valence-corrected chi connectivity index (χ2v) is 16.5. The lowest BCUT2D eigenvalue weighted by Gasteiger charge is -2.41. The fourth-order valence-corrected chi connectivity index (χ4v) is 9.16. The number of aryl methyl sites for hydroxylation is 1. The van der Waals surface area contributed by atoms with E-state index in [4.69, 9.17) is 19.2 Å². The third-order valence-corrected chi connectivity index (χ3v) is 12.6. The standard InChI is InChI=1S/C46H48N6O10/c1-5-29-31-17-27(53)9-12-36(31)47-40-33(29)21-51-37(40)19-35-34(42(51)56)23-61-43(57)46(35,6-2)62-45(59)50-15-13-25(14-16-50)22-60-28-10-7-26(8-11-28)52-41(48-49-44(52)58)32-18-30(24(3)4)38(54)20-39(32)55/h7-12,17-20,24-25,45,53-55,59H,5-6,13-16,21-23H2,1-4H3,(H,49,58)/t45?,46-/m0/s1. The second-order valence-electron chi connectivity index (χ2n) is 16.5. The summed E-state index contributed by atoms with van der Waals surface area (Å²) in [6, 6.07) is 16.4. The smallest absolute Gasteiger partial charge is 0.343 e. The first kappa shape index (κ1) is 40.9. The van der Waals surface area contributed by atoms with Crippen LogP contribution < -0.4 is 10.3 Å². The highest BCUT2D eigenvalue weighted by Gasteiger charge is 2.50. The number of phenols is 3. The van der Waals surface area contributed by atoms with Crippen molar-refractivity contribution in [2.24, 2.45) is 5.92 Å². The zero-order valence-electron chi connectivity index (χ0n) is 34.8. The Morgan fingerprint density at radius 1 is 0.919 bits per heavy atom. The minimum absolute atomic E-state index is 0.0298. The number of carbonyl (C=O) groups excluding carboxylic acids is 1. The molecule has 1 fully saturated rings. The normalized spacial score (nSPS) is 18.1. The van der Waals surface area contributed by atoms with Crippen LogP contribution in [0.3, 0.4) is 0 Å². The Morgan fingerprint density at radius 2 is 1.68 bits per heavy atom. The van der Waals surface area contributed by atoms with E-state index in [9.17, 15) is 35.1 Å². The molecule has 3 aromatic heterocycles. The van der Waals surface area contributed by atoms with Crippen LogP contribution in [0.5, 0.6) is 29.0 Å². The molecular weight excluding hydrogens is 797 g/mol. The van der Waals surface area contributed by atoms with Gasteiger partial charge in [-0.3, -0.25) is 9.69 Å². The zero-order valence-corrected chi connectivity index (χ0v) is 34.8. The summed E-state index contributed by atoms with van der Waals surface area (Å²) >= 11 is 0. The van der Waals surface area contributed by atoms with Crippen LogP contribution in [0.15, 0.2) is 65.5 Å². The van der Waals surface area contributed by atoms with Crippen molar-refractivity contribution < 1.29 is 44.5 Å². The van der Waals surface area contributed by atoms with E-state index in [-0.39, 0.29) is 59.5 Å². The van der Waals surface area contributed by atoms with E-state index in [0.29, 0.717) is 96.1 Å². The van der Waals surface area contributed by atoms with Gasteiger partial charge in [0.25, 0.3) is 5.56 Å². The summed E-state index contributed by atoms with van der Waals surface area (Å²) in [4.78, 5) is 34.6. The number of aliphatic hydroxyl groups is 1. The molecular formula is C46H48N6O10. The van der Waals surface area contributed by atoms with Gasteiger partial charge in [-0.25, -0.2) is 14.3 Å². The van der Waals surface area contributed by atoms with Crippen LogP contribution >= 0.6 is 0 Å². The third-order valence-electron chi connectivity index (χ3n) is 12.6. The van der Waals surface area contributed by atoms with Crippen LogP contribution in [0.25, 0.3) is 39.4 Å². The SMILES string of the molecule is CCc1c2c(nc3ccc(O)cc13)-c1cc3c(c(=O)n1C2)COC(=O)[C@@]3(CC)OC(O)N1CCC(COc2ccc(-n3c(O)nnc3-c3cc(C(C)C)c(O)cc3O)cc2)CC1. The largest absolute Gasteiger partial charge is 0.508 e. The Kier molecular flexibility index (Phi) is 10.4. The summed E-state index contributed by atoms with van der Waals surface area (Å²) in [5, 5.41) is 62.2. The lowest BCUT2D eigenvalue weighted by Crippen LogP contribution is -2.52. The highest BCUT2D eigenvalue weighted by atomic mass is 16.7. The molecule has 1 unspecified atom stereocenters. The first-order valence-electron chi connectivity index (χ1n) is 20.9. The highest BCUT2D eigenvalue weighted by Crippen LogP contribution is 2.44. The number of cyclic esters (lactones) is 1. The predicted octanol–water partition coefficient (Wildman–Crippen LogP) is 5.93. The Morgan fingerprint density at radius 3 is 2.39 bits per heavy atom. The molecule has 1 saturated heterocycles. The molecule has 0 spiro atoms. The van der Waals surface area contributed by atoms with Gasteiger partial charge in [0.1, 0.15) is 29.6 Å². The molecule has 0 aliphatic carbocycles. The molecule has 3 aromatic carbocycles. The number of esters is 1. The third kappa shape index (κ3) is 6.78. The average Bonchev–Trinajstić information content (AvgIpc) is 3.83. The number of hydrogen-bond donors (Lipinski definition) is 5. The van der Waals surface area contributed by atoms with Gasteiger partial charge in [0.15, 0.2) is 11.4 Å². The maximum atomic E-state index is 14.2. The van der Waals surface area contributed by atoms with E-state index in [2.05, 4.69) is 10.2 Å². The van der Waals surface area contributed by atoms with Gasteiger partial charge in [-0.05, 0) is 103 Å². The topological polar surface area (TPSA) is 215 Å². The van der Waals surface area contributed by atoms with E-state index in [1.165, 1.54) is 10.6 Å². The summed E-state index contributed by atoms with van der Waals surface area (Å²) < 4.78 is 21.2. The van der Waals surface area contributed by atoms with Crippen LogP contribution in [-0.2, 0) is 39.4 Å². The van der Waals surface area contributed by atoms with Gasteiger partial charge < -0.3 is 44.3 Å². The van der Waals surface area contributed by atoms with Crippen molar-refractivity contribution in [1.82, 2.24) is 29.2 Å². The van der Waals surface area contributed by atoms with Crippen molar-refractivity contribution in [2.45, 2.75) is 84.5 Å². The fraction of sp³-hybridized carbons (Fsp3) is 0.370. The summed E-state index contributed by atoms with van der Waals surface area (Å²) in [5.41, 5.74) is 3.84. The lowest BCUT2D eigenvalue weighted by atomic mass is 9.85. The van der Waals surface area contributed by atoms with Crippen molar-refractivity contribution in [1.29, 1.82) is 0 Å². The van der Waals surface area contributed by atoms with Crippen molar-refractivity contribution in [3.05, 3.63) is 98.8 Å². The molecule has 16 heteroatoms. The number of aromatic nitrogens is 5. The van der Waals surface area contributed by atoms with Gasteiger partial charge >= 0.3 is 12.0 Å². The number of likely N-dealkylation sites (tertiary alicyclic amines) is 1. The minimum atomic E-state index is -1.74. The molecule has 6 aromatic rings. The summed E-state index contributed by atoms with van der Waals surface area (Å²) in [6.45, 7) is 9.03. The predicted molar refractivity (Wildman–Crippen MR) is 226 cm³/mol. The Bertz CT molecular complexity index is 2790. The maximum Gasteiger partial charge on any atom is 0.343 e. The number of aromatic hydroxyl groups is 4. The molecule has 6 heterocycles. The number of hydrogen-bond acceptors (Lipinski definition) is 14. The van der Waals surface area contributed by atoms with Crippen molar-refractivity contribution in [3.8, 4) is 57.5 Å². The minimum Gasteiger partial charge on any atom is -0.508 e. The van der Waals surface area contributed by atoms with Crippen molar-refractivity contribution >= 4 is 16.9 Å². The molecule has 62 heavy (non-hydrogen) atoms. The van der Waals surface area contributed by atoms with E-state index in [1.54, 1.807) is 71.0 Å². The molecule has 0 radical (unpaired) electrons. The monoisotopic (exact) mass is 844 g/mol. The van der Waals surface area contributed by atoms with Crippen LogP contribution in [0.2, 0.25) is 0 Å². The number of benzene rings is 3. The molecule has 2 atom stereocenters. The first-order chi connectivity index (χ1) is 29.8. The number of pyridine rings is 2. The maximum absolute atomic E-state index is 14.2. The van der Waals surface area contributed by atoms with E-state index >= 15 is 0 Å². The average molecular weight is 845 g/mol. The van der Waals surface area contributed by atoms with Crippen LogP contribution in [0.4, 0.5) is 0 Å². The Labute approximate surface area is 356 Å². The van der Waals surface area contributed by atoms with Crippen molar-refractivity contribution in [2.75, 3.05) is 19.7 Å². The molecule has 3 aliphatic rings. The molecule has 9 rings (SSSR count). The Hall–Kier alpha value is -6.49. The number of piperidine rings is 1. The summed E-state index contributed by atoms with van der Waals surface area (Å²) in [5.74, 6) is 0.147. The van der Waals surface area contributed by atoms with E-state index < -0.39 is 18.0 Å². The fourth-order valence-electron chi connectivity index (χ4n) is 9.16. The molecule has 3 aliphatic heterocycles. The number of rotatable bonds is 11. The number of fused-ring (bicyclic) bond motifs is 5. The second kappa shape index (κ2) is 15.8. The van der Waals surface area contributed by atoms with Gasteiger partial charge in [0.05, 0.1) is 46.9 Å². The van der Waals surface area contributed by atoms with Crippen LogP contribution in [0, 0.1) is 5.92 Å². The van der Waals surface area contributed by atoms with Crippen LogP contribution in [-0.4, -0.2) is 86.8 Å². The molecule has 16 nitrogen and oxygen atoms in total. The first-order valence-corrected chi connectivity index (χ1v) is 20.9. The zero-order chi connectivity index (χ0) is 43.6. The van der Waals surface area contributed by atoms with Gasteiger partial charge in [-0.2, -0.15) is 0 Å². The summed E-state index contributed by atoms with van der Waals surface area (Å²) in [7, 11) is 0. The number of nitrogens with zero attached hydrogens (tertiary/aromatic N) is 6. The van der Waals surface area contributed by atoms with Gasteiger partial charge in [-0.1, -0.05) is 32.8 Å². The lowest BCUT2D eigenvalue weighted by molar-refractivity contribution is -0.268. The number of aliphatic hydroxyl groups excluding tert-OH is 1. The summed E-state index contributed by atoms with van der Waals surface area (Å²) in [6.07, 6.45) is 0.651. The highest BCUT2D eigenvalue weighted by molar-refractivity contribution is 5.90. The number of phenolic OH excluding ortho intramolecular Hbond substituents is 3. The quantitative estimate of drug-likeness (QED) is 0.0755. The molecule has 0 bridgehead atoms. The number of ether oxygens (including phenoxy) is 3. The van der Waals surface area contributed by atoms with Gasteiger partial charge in [0, 0.05) is 35.7 Å².